The van der Waals surface area contributed by atoms with Crippen LogP contribution in [-0.2, 0) is 4.79 Å². The van der Waals surface area contributed by atoms with E-state index in [1.807, 2.05) is 18.2 Å². The summed E-state index contributed by atoms with van der Waals surface area (Å²) >= 11 is 0. The molecule has 3 aromatic carbocycles. The molecular weight excluding hydrogens is 448 g/mol. The Labute approximate surface area is 199 Å². The first kappa shape index (κ1) is 21.7. The number of nitrogens with one attached hydrogen (secondary N) is 1. The van der Waals surface area contributed by atoms with Gasteiger partial charge in [-0.2, -0.15) is 5.10 Å². The number of para-hydroxylation sites is 2. The van der Waals surface area contributed by atoms with E-state index in [1.54, 1.807) is 60.8 Å². The Morgan fingerprint density at radius 3 is 2.51 bits per heavy atom. The Balaban J connectivity index is 1.48. The molecule has 1 amide bonds. The number of rotatable bonds is 5. The molecule has 1 aliphatic heterocycles. The highest BCUT2D eigenvalue weighted by atomic mass is 16.7. The molecule has 172 valence electrons. The van der Waals surface area contributed by atoms with Crippen LogP contribution in [0.1, 0.15) is 5.56 Å². The molecule has 0 saturated heterocycles. The molecule has 0 radical (unpaired) electrons. The number of carboxylic acid groups (broad SMARTS) is 1. The minimum atomic E-state index is -1.43. The second-order valence-electron chi connectivity index (χ2n) is 7.52. The predicted octanol–water partition coefficient (Wildman–Crippen LogP) is 5.01. The van der Waals surface area contributed by atoms with E-state index in [-0.39, 0.29) is 28.8 Å². The van der Waals surface area contributed by atoms with E-state index in [0.29, 0.717) is 28.2 Å². The number of phenols is 1. The van der Waals surface area contributed by atoms with E-state index in [1.165, 1.54) is 17.0 Å². The van der Waals surface area contributed by atoms with Crippen molar-refractivity contribution in [3.05, 3.63) is 96.7 Å². The lowest BCUT2D eigenvalue weighted by atomic mass is 10.0. The van der Waals surface area contributed by atoms with Gasteiger partial charge in [-0.15, -0.1) is 0 Å². The van der Waals surface area contributed by atoms with Crippen LogP contribution in [0.25, 0.3) is 11.1 Å². The molecule has 0 saturated carbocycles. The Morgan fingerprint density at radius 1 is 0.943 bits per heavy atom. The molecule has 5 rings (SSSR count). The van der Waals surface area contributed by atoms with Crippen molar-refractivity contribution in [2.24, 2.45) is 5.10 Å². The number of nitrogens with zero attached hydrogens (tertiary/aromatic N) is 3. The maximum absolute atomic E-state index is 13.3. The Bertz CT molecular complexity index is 1470. The molecule has 0 atom stereocenters. The summed E-state index contributed by atoms with van der Waals surface area (Å²) in [4.78, 5) is 29.9. The van der Waals surface area contributed by atoms with Crippen LogP contribution in [0.3, 0.4) is 0 Å². The van der Waals surface area contributed by atoms with Crippen LogP contribution in [-0.4, -0.2) is 33.0 Å². The van der Waals surface area contributed by atoms with Crippen LogP contribution in [0.2, 0.25) is 0 Å². The third kappa shape index (κ3) is 4.13. The van der Waals surface area contributed by atoms with Crippen LogP contribution in [0.4, 0.5) is 22.0 Å². The van der Waals surface area contributed by atoms with E-state index in [4.69, 9.17) is 9.84 Å². The molecular formula is C26H18N4O5. The third-order valence-electron chi connectivity index (χ3n) is 5.36. The zero-order chi connectivity index (χ0) is 24.4. The summed E-state index contributed by atoms with van der Waals surface area (Å²) in [5.41, 5.74) is 5.50. The van der Waals surface area contributed by atoms with Crippen LogP contribution < -0.4 is 15.1 Å². The van der Waals surface area contributed by atoms with Crippen LogP contribution in [0.5, 0.6) is 11.5 Å². The number of hydrogen-bond acceptors (Lipinski definition) is 7. The molecule has 3 N–H and O–H groups in total. The quantitative estimate of drug-likeness (QED) is 0.163. The van der Waals surface area contributed by atoms with Crippen molar-refractivity contribution in [2.75, 3.05) is 10.3 Å². The first-order chi connectivity index (χ1) is 17.0. The van der Waals surface area contributed by atoms with E-state index >= 15 is 0 Å². The minimum Gasteiger partial charge on any atom is -0.505 e. The number of fused-ring (bicyclic) bond motifs is 1. The van der Waals surface area contributed by atoms with Gasteiger partial charge in [-0.05, 0) is 42.0 Å². The number of carbonyl (C=O) groups is 2. The molecule has 0 fully saturated rings. The maximum Gasteiger partial charge on any atom is 0.511 e. The lowest BCUT2D eigenvalue weighted by Gasteiger charge is -2.15. The van der Waals surface area contributed by atoms with Gasteiger partial charge in [0.1, 0.15) is 17.3 Å². The monoisotopic (exact) mass is 466 g/mol. The van der Waals surface area contributed by atoms with Gasteiger partial charge in [0.05, 0.1) is 11.4 Å². The van der Waals surface area contributed by atoms with Crippen molar-refractivity contribution < 1.29 is 24.5 Å². The summed E-state index contributed by atoms with van der Waals surface area (Å²) in [6.45, 7) is 0. The molecule has 0 bridgehead atoms. The summed E-state index contributed by atoms with van der Waals surface area (Å²) < 4.78 is 4.70. The number of anilines is 3. The number of benzene rings is 3. The molecule has 2 heterocycles. The second-order valence-corrected chi connectivity index (χ2v) is 7.52. The van der Waals surface area contributed by atoms with Gasteiger partial charge in [-0.25, -0.2) is 9.78 Å². The number of aromatic hydroxyl groups is 1. The first-order valence-electron chi connectivity index (χ1n) is 10.5. The molecule has 1 aromatic heterocycles. The Hall–Kier alpha value is -5.18. The lowest BCUT2D eigenvalue weighted by molar-refractivity contribution is -0.111. The zero-order valence-electron chi connectivity index (χ0n) is 18.1. The number of amides is 1. The van der Waals surface area contributed by atoms with Crippen molar-refractivity contribution in [3.8, 4) is 22.6 Å². The number of hydrogen-bond donors (Lipinski definition) is 3. The Kier molecular flexibility index (Phi) is 5.56. The van der Waals surface area contributed by atoms with Gasteiger partial charge < -0.3 is 14.9 Å². The van der Waals surface area contributed by atoms with Crippen LogP contribution in [0.15, 0.2) is 96.2 Å². The summed E-state index contributed by atoms with van der Waals surface area (Å²) in [6.07, 6.45) is 0.178. The SMILES string of the molecule is O=C(O)Oc1cccc(-c2cccc(NN=C3C(=O)N(c4ccccn4)c4ccccc43)c2O)c1. The van der Waals surface area contributed by atoms with Crippen molar-refractivity contribution >= 4 is 35.0 Å². The first-order valence-corrected chi connectivity index (χ1v) is 10.5. The van der Waals surface area contributed by atoms with Gasteiger partial charge in [0.25, 0.3) is 5.91 Å². The number of hydrazone groups is 1. The highest BCUT2D eigenvalue weighted by Gasteiger charge is 2.35. The minimum absolute atomic E-state index is 0.121. The number of ether oxygens (including phenoxy) is 1. The Morgan fingerprint density at radius 2 is 1.71 bits per heavy atom. The smallest absolute Gasteiger partial charge is 0.505 e. The fourth-order valence-electron chi connectivity index (χ4n) is 3.83. The van der Waals surface area contributed by atoms with E-state index < -0.39 is 6.16 Å². The highest BCUT2D eigenvalue weighted by molar-refractivity contribution is 6.55. The average molecular weight is 466 g/mol. The summed E-state index contributed by atoms with van der Waals surface area (Å²) in [7, 11) is 0. The molecule has 9 nitrogen and oxygen atoms in total. The van der Waals surface area contributed by atoms with Crippen molar-refractivity contribution in [1.29, 1.82) is 0 Å². The van der Waals surface area contributed by atoms with Gasteiger partial charge in [0.15, 0.2) is 5.71 Å². The van der Waals surface area contributed by atoms with Crippen molar-refractivity contribution in [2.45, 2.75) is 0 Å². The van der Waals surface area contributed by atoms with Gasteiger partial charge in [0.2, 0.25) is 0 Å². The topological polar surface area (TPSA) is 124 Å². The molecule has 0 unspecified atom stereocenters. The van der Waals surface area contributed by atoms with Crippen LogP contribution in [0, 0.1) is 0 Å². The summed E-state index contributed by atoms with van der Waals surface area (Å²) in [6, 6.07) is 23.9. The molecule has 4 aromatic rings. The number of phenolic OH excluding ortho intramolecular Hbond substituents is 1. The van der Waals surface area contributed by atoms with Gasteiger partial charge in [-0.3, -0.25) is 15.1 Å². The van der Waals surface area contributed by atoms with E-state index in [2.05, 4.69) is 15.5 Å². The molecule has 1 aliphatic rings. The maximum atomic E-state index is 13.3. The average Bonchev–Trinajstić information content (AvgIpc) is 3.14. The molecule has 0 spiro atoms. The number of pyridine rings is 1. The van der Waals surface area contributed by atoms with Crippen molar-refractivity contribution in [1.82, 2.24) is 4.98 Å². The number of carbonyl (C=O) groups excluding carboxylic acids is 1. The van der Waals surface area contributed by atoms with Gasteiger partial charge in [0, 0.05) is 17.3 Å². The fraction of sp³-hybridized carbons (Fsp3) is 0. The molecule has 35 heavy (non-hydrogen) atoms. The van der Waals surface area contributed by atoms with E-state index in [9.17, 15) is 14.7 Å². The normalized spacial score (nSPS) is 13.5. The van der Waals surface area contributed by atoms with Gasteiger partial charge >= 0.3 is 6.16 Å². The summed E-state index contributed by atoms with van der Waals surface area (Å²) in [5, 5.41) is 24.1. The fourth-order valence-corrected chi connectivity index (χ4v) is 3.83. The predicted molar refractivity (Wildman–Crippen MR) is 130 cm³/mol. The zero-order valence-corrected chi connectivity index (χ0v) is 18.1. The van der Waals surface area contributed by atoms with E-state index in [0.717, 1.165) is 0 Å². The summed E-state index contributed by atoms with van der Waals surface area (Å²) in [5.74, 6) is 0.121. The van der Waals surface area contributed by atoms with Gasteiger partial charge in [-0.1, -0.05) is 48.5 Å². The van der Waals surface area contributed by atoms with Crippen molar-refractivity contribution in [3.63, 3.8) is 0 Å². The van der Waals surface area contributed by atoms with Crippen LogP contribution >= 0.6 is 0 Å². The second kappa shape index (κ2) is 8.99. The molecule has 9 heteroatoms. The third-order valence-corrected chi connectivity index (χ3v) is 5.36. The standard InChI is InChI=1S/C26H18N4O5/c31-24-18(16-7-5-8-17(15-16)35-26(33)34)10-6-11-20(24)28-29-23-19-9-1-2-12-21(19)30(25(23)32)22-13-3-4-14-27-22/h1-15,28,31H,(H,33,34). The highest BCUT2D eigenvalue weighted by Crippen LogP contribution is 2.38. The molecule has 0 aliphatic carbocycles. The number of aromatic nitrogens is 1. The lowest BCUT2D eigenvalue weighted by Crippen LogP contribution is -2.26. The largest absolute Gasteiger partial charge is 0.511 e.